The predicted molar refractivity (Wildman–Crippen MR) is 58.1 cm³/mol. The summed E-state index contributed by atoms with van der Waals surface area (Å²) < 4.78 is 2.03. The molecule has 0 radical (unpaired) electrons. The number of hydrogen-bond donors (Lipinski definition) is 2. The summed E-state index contributed by atoms with van der Waals surface area (Å²) in [6.45, 7) is 2.67. The van der Waals surface area contributed by atoms with Gasteiger partial charge in [0.2, 0.25) is 0 Å². The first-order chi connectivity index (χ1) is 7.29. The standard InChI is InChI=1S/C10H13N5/c1-8-12-5-6-15(8)7-9-3-2-4-10(13-9)14-11/h2-6H,7,11H2,1H3,(H,13,14). The second-order valence-corrected chi connectivity index (χ2v) is 3.26. The number of imidazole rings is 1. The van der Waals surface area contributed by atoms with E-state index in [4.69, 9.17) is 5.84 Å². The van der Waals surface area contributed by atoms with Gasteiger partial charge in [0.1, 0.15) is 11.6 Å². The summed E-state index contributed by atoms with van der Waals surface area (Å²) in [5.74, 6) is 6.94. The van der Waals surface area contributed by atoms with E-state index in [1.807, 2.05) is 35.9 Å². The quantitative estimate of drug-likeness (QED) is 0.575. The molecule has 5 heteroatoms. The number of nitrogen functional groups attached to an aromatic ring is 1. The molecule has 0 spiro atoms. The van der Waals surface area contributed by atoms with Crippen molar-refractivity contribution < 1.29 is 0 Å². The van der Waals surface area contributed by atoms with Crippen LogP contribution in [-0.2, 0) is 6.54 Å². The molecule has 2 aromatic heterocycles. The smallest absolute Gasteiger partial charge is 0.140 e. The molecule has 2 aromatic rings. The molecule has 0 unspecified atom stereocenters. The van der Waals surface area contributed by atoms with Crippen LogP contribution in [0.15, 0.2) is 30.6 Å². The Labute approximate surface area is 87.9 Å². The Morgan fingerprint density at radius 3 is 3.00 bits per heavy atom. The van der Waals surface area contributed by atoms with Crippen LogP contribution in [0.3, 0.4) is 0 Å². The highest BCUT2D eigenvalue weighted by atomic mass is 15.2. The van der Waals surface area contributed by atoms with E-state index < -0.39 is 0 Å². The predicted octanol–water partition coefficient (Wildman–Crippen LogP) is 0.920. The zero-order valence-corrected chi connectivity index (χ0v) is 8.51. The maximum Gasteiger partial charge on any atom is 0.140 e. The number of pyridine rings is 1. The van der Waals surface area contributed by atoms with Crippen molar-refractivity contribution in [3.63, 3.8) is 0 Å². The molecule has 2 heterocycles. The van der Waals surface area contributed by atoms with Crippen LogP contribution in [0, 0.1) is 6.92 Å². The maximum absolute atomic E-state index is 5.29. The number of hydrazine groups is 1. The fraction of sp³-hybridized carbons (Fsp3) is 0.200. The van der Waals surface area contributed by atoms with E-state index in [1.165, 1.54) is 0 Å². The second-order valence-electron chi connectivity index (χ2n) is 3.26. The van der Waals surface area contributed by atoms with Gasteiger partial charge in [0.25, 0.3) is 0 Å². The van der Waals surface area contributed by atoms with Crippen LogP contribution in [0.4, 0.5) is 5.82 Å². The van der Waals surface area contributed by atoms with Crippen LogP contribution in [0.1, 0.15) is 11.5 Å². The minimum absolute atomic E-state index is 0.672. The van der Waals surface area contributed by atoms with E-state index in [0.29, 0.717) is 12.4 Å². The largest absolute Gasteiger partial charge is 0.329 e. The van der Waals surface area contributed by atoms with Gasteiger partial charge in [0.05, 0.1) is 12.2 Å². The van der Waals surface area contributed by atoms with Gasteiger partial charge in [-0.3, -0.25) is 0 Å². The summed E-state index contributed by atoms with van der Waals surface area (Å²) in [6.07, 6.45) is 3.71. The normalized spacial score (nSPS) is 10.3. The summed E-state index contributed by atoms with van der Waals surface area (Å²) >= 11 is 0. The Morgan fingerprint density at radius 1 is 1.47 bits per heavy atom. The molecular formula is C10H13N5. The van der Waals surface area contributed by atoms with E-state index in [0.717, 1.165) is 11.5 Å². The third-order valence-electron chi connectivity index (χ3n) is 2.21. The first-order valence-electron chi connectivity index (χ1n) is 4.70. The SMILES string of the molecule is Cc1nccn1Cc1cccc(NN)n1. The second kappa shape index (κ2) is 4.10. The monoisotopic (exact) mass is 203 g/mol. The molecule has 15 heavy (non-hydrogen) atoms. The van der Waals surface area contributed by atoms with Crippen molar-refractivity contribution in [3.05, 3.63) is 42.1 Å². The first-order valence-corrected chi connectivity index (χ1v) is 4.70. The van der Waals surface area contributed by atoms with Gasteiger partial charge in [-0.05, 0) is 19.1 Å². The van der Waals surface area contributed by atoms with Gasteiger partial charge in [-0.25, -0.2) is 15.8 Å². The van der Waals surface area contributed by atoms with Crippen LogP contribution in [0.5, 0.6) is 0 Å². The molecule has 0 aliphatic heterocycles. The molecule has 0 fully saturated rings. The molecule has 0 saturated carbocycles. The average Bonchev–Trinajstić information content (AvgIpc) is 2.65. The molecule has 78 valence electrons. The lowest BCUT2D eigenvalue weighted by Gasteiger charge is -2.05. The number of aromatic nitrogens is 3. The molecule has 2 rings (SSSR count). The molecular weight excluding hydrogens is 190 g/mol. The van der Waals surface area contributed by atoms with E-state index in [1.54, 1.807) is 6.20 Å². The molecule has 0 atom stereocenters. The van der Waals surface area contributed by atoms with Gasteiger partial charge in [-0.15, -0.1) is 0 Å². The fourth-order valence-corrected chi connectivity index (χ4v) is 1.39. The molecule has 0 saturated heterocycles. The highest BCUT2D eigenvalue weighted by Crippen LogP contribution is 2.06. The highest BCUT2D eigenvalue weighted by molar-refractivity contribution is 5.33. The molecule has 0 amide bonds. The van der Waals surface area contributed by atoms with Crippen LogP contribution in [0.2, 0.25) is 0 Å². The summed E-state index contributed by atoms with van der Waals surface area (Å²) in [5, 5.41) is 0. The summed E-state index contributed by atoms with van der Waals surface area (Å²) in [4.78, 5) is 8.47. The third-order valence-corrected chi connectivity index (χ3v) is 2.21. The molecule has 0 aromatic carbocycles. The van der Waals surface area contributed by atoms with Gasteiger partial charge in [0.15, 0.2) is 0 Å². The number of aryl methyl sites for hydroxylation is 1. The van der Waals surface area contributed by atoms with Crippen molar-refractivity contribution in [2.24, 2.45) is 5.84 Å². The van der Waals surface area contributed by atoms with Crippen molar-refractivity contribution in [1.82, 2.24) is 14.5 Å². The number of nitrogens with zero attached hydrogens (tertiary/aromatic N) is 3. The first kappa shape index (κ1) is 9.67. The van der Waals surface area contributed by atoms with Gasteiger partial charge >= 0.3 is 0 Å². The third kappa shape index (κ3) is 2.13. The van der Waals surface area contributed by atoms with Gasteiger partial charge in [-0.2, -0.15) is 0 Å². The Bertz CT molecular complexity index is 449. The summed E-state index contributed by atoms with van der Waals surface area (Å²) in [5.41, 5.74) is 3.48. The van der Waals surface area contributed by atoms with Crippen molar-refractivity contribution in [3.8, 4) is 0 Å². The Balaban J connectivity index is 2.21. The summed E-state index contributed by atoms with van der Waals surface area (Å²) in [6, 6.07) is 5.70. The Hall–Kier alpha value is -1.88. The van der Waals surface area contributed by atoms with E-state index in [-0.39, 0.29) is 0 Å². The van der Waals surface area contributed by atoms with Crippen molar-refractivity contribution >= 4 is 5.82 Å². The number of anilines is 1. The zero-order chi connectivity index (χ0) is 10.7. The van der Waals surface area contributed by atoms with E-state index in [9.17, 15) is 0 Å². The minimum atomic E-state index is 0.672. The van der Waals surface area contributed by atoms with Crippen molar-refractivity contribution in [2.75, 3.05) is 5.43 Å². The minimum Gasteiger partial charge on any atom is -0.329 e. The van der Waals surface area contributed by atoms with Crippen LogP contribution in [-0.4, -0.2) is 14.5 Å². The summed E-state index contributed by atoms with van der Waals surface area (Å²) in [7, 11) is 0. The lowest BCUT2D eigenvalue weighted by atomic mass is 10.3. The molecule has 3 N–H and O–H groups in total. The maximum atomic E-state index is 5.29. The van der Waals surface area contributed by atoms with Gasteiger partial charge in [-0.1, -0.05) is 6.07 Å². The number of hydrogen-bond acceptors (Lipinski definition) is 4. The lowest BCUT2D eigenvalue weighted by molar-refractivity contribution is 0.742. The van der Waals surface area contributed by atoms with Crippen LogP contribution in [0.25, 0.3) is 0 Å². The molecule has 0 aliphatic carbocycles. The van der Waals surface area contributed by atoms with E-state index >= 15 is 0 Å². The Morgan fingerprint density at radius 2 is 2.33 bits per heavy atom. The number of rotatable bonds is 3. The van der Waals surface area contributed by atoms with E-state index in [2.05, 4.69) is 15.4 Å². The number of nitrogens with two attached hydrogens (primary N) is 1. The fourth-order valence-electron chi connectivity index (χ4n) is 1.39. The number of nitrogens with one attached hydrogen (secondary N) is 1. The highest BCUT2D eigenvalue weighted by Gasteiger charge is 2.00. The van der Waals surface area contributed by atoms with Gasteiger partial charge in [0, 0.05) is 12.4 Å². The van der Waals surface area contributed by atoms with Crippen LogP contribution >= 0.6 is 0 Å². The van der Waals surface area contributed by atoms with Gasteiger partial charge < -0.3 is 9.99 Å². The van der Waals surface area contributed by atoms with Crippen LogP contribution < -0.4 is 11.3 Å². The molecule has 5 nitrogen and oxygen atoms in total. The Kier molecular flexibility index (Phi) is 2.64. The van der Waals surface area contributed by atoms with Crippen molar-refractivity contribution in [1.29, 1.82) is 0 Å². The average molecular weight is 203 g/mol. The molecule has 0 aliphatic rings. The molecule has 0 bridgehead atoms. The zero-order valence-electron chi connectivity index (χ0n) is 8.51. The lowest BCUT2D eigenvalue weighted by Crippen LogP contribution is -2.10. The van der Waals surface area contributed by atoms with Crippen molar-refractivity contribution in [2.45, 2.75) is 13.5 Å². The topological polar surface area (TPSA) is 68.8 Å².